The van der Waals surface area contributed by atoms with Gasteiger partial charge in [0.2, 0.25) is 0 Å². The van der Waals surface area contributed by atoms with Crippen LogP contribution in [0.15, 0.2) is 0 Å². The highest BCUT2D eigenvalue weighted by Crippen LogP contribution is 1.91. The highest BCUT2D eigenvalue weighted by atomic mass is 16.7. The van der Waals surface area contributed by atoms with E-state index < -0.39 is 0 Å². The van der Waals surface area contributed by atoms with Crippen molar-refractivity contribution in [3.63, 3.8) is 0 Å². The smallest absolute Gasteiger partial charge is 0.147 e. The summed E-state index contributed by atoms with van der Waals surface area (Å²) < 4.78 is 20.4. The lowest BCUT2D eigenvalue weighted by Crippen LogP contribution is -2.11. The van der Waals surface area contributed by atoms with Gasteiger partial charge in [-0.3, -0.25) is 0 Å². The number of hydrogen-bond acceptors (Lipinski definition) is 4. The van der Waals surface area contributed by atoms with E-state index in [0.29, 0.717) is 13.6 Å². The Morgan fingerprint density at radius 2 is 1.06 bits per heavy atom. The van der Waals surface area contributed by atoms with Gasteiger partial charge in [-0.05, 0) is 40.5 Å². The van der Waals surface area contributed by atoms with Gasteiger partial charge in [0, 0.05) is 13.2 Å². The first kappa shape index (κ1) is 20.2. The molecule has 4 nitrogen and oxygen atoms in total. The quantitative estimate of drug-likeness (QED) is 0.446. The molecule has 0 aliphatic rings. The van der Waals surface area contributed by atoms with Crippen molar-refractivity contribution < 1.29 is 18.9 Å². The molecule has 0 spiro atoms. The predicted molar refractivity (Wildman–Crippen MR) is 74.7 cm³/mol. The minimum atomic E-state index is 0.267. The topological polar surface area (TPSA) is 36.9 Å². The van der Waals surface area contributed by atoms with Crippen molar-refractivity contribution in [2.24, 2.45) is 0 Å². The lowest BCUT2D eigenvalue weighted by Gasteiger charge is -2.09. The fraction of sp³-hybridized carbons (Fsp3) is 1.00. The van der Waals surface area contributed by atoms with E-state index in [2.05, 4.69) is 13.8 Å². The van der Waals surface area contributed by atoms with Gasteiger partial charge in [0.25, 0.3) is 0 Å². The van der Waals surface area contributed by atoms with Gasteiger partial charge in [0.15, 0.2) is 0 Å². The second-order valence-electron chi connectivity index (χ2n) is 4.48. The van der Waals surface area contributed by atoms with Crippen LogP contribution in [0.1, 0.15) is 54.4 Å². The predicted octanol–water partition coefficient (Wildman–Crippen LogP) is 3.59. The van der Waals surface area contributed by atoms with E-state index in [1.807, 2.05) is 27.7 Å². The van der Waals surface area contributed by atoms with Crippen molar-refractivity contribution in [2.45, 2.75) is 66.6 Å². The van der Waals surface area contributed by atoms with E-state index in [4.69, 9.17) is 18.9 Å². The third kappa shape index (κ3) is 24.9. The summed E-state index contributed by atoms with van der Waals surface area (Å²) in [7, 11) is 0. The van der Waals surface area contributed by atoms with Crippen LogP contribution >= 0.6 is 0 Å². The summed E-state index contributed by atoms with van der Waals surface area (Å²) in [6.07, 6.45) is 2.66. The summed E-state index contributed by atoms with van der Waals surface area (Å²) in [4.78, 5) is 0. The van der Waals surface area contributed by atoms with Gasteiger partial charge in [-0.15, -0.1) is 0 Å². The Morgan fingerprint density at radius 3 is 1.33 bits per heavy atom. The fourth-order valence-corrected chi connectivity index (χ4v) is 0.777. The average molecular weight is 264 g/mol. The molecule has 0 unspecified atom stereocenters. The Labute approximate surface area is 113 Å². The summed E-state index contributed by atoms with van der Waals surface area (Å²) in [6.45, 7) is 14.6. The molecule has 0 aromatic rings. The van der Waals surface area contributed by atoms with Gasteiger partial charge in [0.1, 0.15) is 13.6 Å². The third-order valence-corrected chi connectivity index (χ3v) is 1.67. The van der Waals surface area contributed by atoms with Gasteiger partial charge in [0.05, 0.1) is 12.2 Å². The van der Waals surface area contributed by atoms with Crippen LogP contribution in [0.2, 0.25) is 0 Å². The van der Waals surface area contributed by atoms with Crippen LogP contribution in [-0.2, 0) is 18.9 Å². The standard InChI is InChI=1S/2C7H16O2/c1-6(2)8-5-9-7(3)4;1-3-5-8-7-9-6-4-2/h6-7H,5H2,1-4H3;3-7H2,1-2H3. The molecule has 0 fully saturated rings. The molecule has 0 amide bonds. The molecule has 0 heterocycles. The zero-order chi connectivity index (χ0) is 14.2. The molecule has 0 N–H and O–H groups in total. The molecule has 4 heteroatoms. The maximum Gasteiger partial charge on any atom is 0.147 e. The van der Waals surface area contributed by atoms with Crippen LogP contribution in [-0.4, -0.2) is 39.0 Å². The first-order chi connectivity index (χ1) is 8.54. The number of rotatable bonds is 10. The van der Waals surface area contributed by atoms with E-state index in [0.717, 1.165) is 26.1 Å². The van der Waals surface area contributed by atoms with Crippen molar-refractivity contribution in [1.29, 1.82) is 0 Å². The van der Waals surface area contributed by atoms with E-state index >= 15 is 0 Å². The van der Waals surface area contributed by atoms with Gasteiger partial charge >= 0.3 is 0 Å². The molecule has 0 saturated carbocycles. The van der Waals surface area contributed by atoms with Gasteiger partial charge in [-0.25, -0.2) is 0 Å². The van der Waals surface area contributed by atoms with Crippen LogP contribution in [0.3, 0.4) is 0 Å². The Hall–Kier alpha value is -0.160. The van der Waals surface area contributed by atoms with Crippen LogP contribution in [0.5, 0.6) is 0 Å². The lowest BCUT2D eigenvalue weighted by atomic mass is 10.5. The second kappa shape index (κ2) is 16.8. The monoisotopic (exact) mass is 264 g/mol. The first-order valence-corrected chi connectivity index (χ1v) is 6.93. The Kier molecular flexibility index (Phi) is 18.9. The molecule has 0 aromatic heterocycles. The van der Waals surface area contributed by atoms with Crippen molar-refractivity contribution in [3.8, 4) is 0 Å². The van der Waals surface area contributed by atoms with Gasteiger partial charge < -0.3 is 18.9 Å². The van der Waals surface area contributed by atoms with Crippen molar-refractivity contribution in [3.05, 3.63) is 0 Å². The molecule has 0 bridgehead atoms. The maximum absolute atomic E-state index is 5.13. The highest BCUT2D eigenvalue weighted by molar-refractivity contribution is 4.34. The minimum Gasteiger partial charge on any atom is -0.355 e. The molecule has 0 radical (unpaired) electrons. The van der Waals surface area contributed by atoms with Crippen LogP contribution in [0.4, 0.5) is 0 Å². The zero-order valence-electron chi connectivity index (χ0n) is 13.0. The SMILES string of the molecule is CC(C)OCOC(C)C.CCCOCOCCC. The average Bonchev–Trinajstić information content (AvgIpc) is 2.29. The van der Waals surface area contributed by atoms with E-state index in [1.54, 1.807) is 0 Å². The molecule has 0 aromatic carbocycles. The molecule has 0 atom stereocenters. The molecular formula is C14H32O4. The first-order valence-electron chi connectivity index (χ1n) is 6.93. The van der Waals surface area contributed by atoms with Gasteiger partial charge in [-0.2, -0.15) is 0 Å². The molecule has 0 aliphatic heterocycles. The van der Waals surface area contributed by atoms with E-state index in [-0.39, 0.29) is 12.2 Å². The summed E-state index contributed by atoms with van der Waals surface area (Å²) in [5.74, 6) is 0. The van der Waals surface area contributed by atoms with Crippen molar-refractivity contribution in [2.75, 3.05) is 26.8 Å². The number of ether oxygens (including phenoxy) is 4. The van der Waals surface area contributed by atoms with Crippen molar-refractivity contribution in [1.82, 2.24) is 0 Å². The lowest BCUT2D eigenvalue weighted by molar-refractivity contribution is -0.0994. The molecule has 0 aliphatic carbocycles. The van der Waals surface area contributed by atoms with Crippen molar-refractivity contribution >= 4 is 0 Å². The van der Waals surface area contributed by atoms with Gasteiger partial charge in [-0.1, -0.05) is 13.8 Å². The van der Waals surface area contributed by atoms with Crippen LogP contribution < -0.4 is 0 Å². The van der Waals surface area contributed by atoms with Crippen LogP contribution in [0.25, 0.3) is 0 Å². The highest BCUT2D eigenvalue weighted by Gasteiger charge is 1.94. The second-order valence-corrected chi connectivity index (χ2v) is 4.48. The van der Waals surface area contributed by atoms with Crippen LogP contribution in [0, 0.1) is 0 Å². The number of hydrogen-bond donors (Lipinski definition) is 0. The zero-order valence-corrected chi connectivity index (χ0v) is 13.0. The Bertz CT molecular complexity index is 124. The van der Waals surface area contributed by atoms with E-state index in [1.165, 1.54) is 0 Å². The normalized spacial score (nSPS) is 10.7. The molecule has 18 heavy (non-hydrogen) atoms. The fourth-order valence-electron chi connectivity index (χ4n) is 0.777. The summed E-state index contributed by atoms with van der Waals surface area (Å²) in [5.41, 5.74) is 0. The molecular weight excluding hydrogens is 232 g/mol. The molecule has 0 rings (SSSR count). The maximum atomic E-state index is 5.13. The summed E-state index contributed by atoms with van der Waals surface area (Å²) >= 11 is 0. The third-order valence-electron chi connectivity index (χ3n) is 1.67. The molecule has 112 valence electrons. The minimum absolute atomic E-state index is 0.267. The summed E-state index contributed by atoms with van der Waals surface area (Å²) in [6, 6.07) is 0. The Morgan fingerprint density at radius 1 is 0.667 bits per heavy atom. The largest absolute Gasteiger partial charge is 0.355 e. The van der Waals surface area contributed by atoms with E-state index in [9.17, 15) is 0 Å². The molecule has 0 saturated heterocycles. The Balaban J connectivity index is 0. The summed E-state index contributed by atoms with van der Waals surface area (Å²) in [5, 5.41) is 0.